The van der Waals surface area contributed by atoms with Crippen LogP contribution in [0.25, 0.3) is 0 Å². The molecule has 0 radical (unpaired) electrons. The molecule has 12 heteroatoms. The first-order valence-electron chi connectivity index (χ1n) is 17.8. The molecule has 0 unspecified atom stereocenters. The van der Waals surface area contributed by atoms with Crippen molar-refractivity contribution in [2.45, 2.75) is 7.43 Å². The summed E-state index contributed by atoms with van der Waals surface area (Å²) in [6.45, 7) is 3.98. The zero-order valence-electron chi connectivity index (χ0n) is 30.9. The molecule has 0 bridgehead atoms. The van der Waals surface area contributed by atoms with Gasteiger partial charge in [0.05, 0.1) is 0 Å². The van der Waals surface area contributed by atoms with Crippen LogP contribution < -0.4 is 30.0 Å². The molecule has 4 heterocycles. The first-order chi connectivity index (χ1) is 27.8. The van der Waals surface area contributed by atoms with Gasteiger partial charge in [0.1, 0.15) is 11.7 Å². The van der Waals surface area contributed by atoms with E-state index in [2.05, 4.69) is 66.6 Å². The van der Waals surface area contributed by atoms with Gasteiger partial charge >= 0.3 is 0 Å². The van der Waals surface area contributed by atoms with Crippen LogP contribution >= 0.6 is 0 Å². The largest absolute Gasteiger partial charge is 0.582 e. The first-order valence-corrected chi connectivity index (χ1v) is 17.8. The van der Waals surface area contributed by atoms with Crippen LogP contribution in [0.15, 0.2) is 217 Å². The van der Waals surface area contributed by atoms with Crippen LogP contribution in [0, 0.1) is 25.5 Å². The second-order valence-electron chi connectivity index (χ2n) is 11.8. The second-order valence-corrected chi connectivity index (χ2v) is 11.8. The Hall–Kier alpha value is -6.34. The Morgan fingerprint density at radius 2 is 0.780 bits per heavy atom. The molecule has 2 aliphatic heterocycles. The Morgan fingerprint density at radius 3 is 1.07 bits per heavy atom. The normalized spacial score (nSPS) is 12.3. The van der Waals surface area contributed by atoms with Gasteiger partial charge in [0, 0.05) is 77.0 Å². The summed E-state index contributed by atoms with van der Waals surface area (Å²) in [4.78, 5) is 4.12. The van der Waals surface area contributed by atoms with Crippen LogP contribution in [0.1, 0.15) is 18.6 Å². The smallest absolute Gasteiger partial charge is 0.128 e. The zero-order chi connectivity index (χ0) is 38.0. The molecule has 8 aromatic rings. The van der Waals surface area contributed by atoms with Gasteiger partial charge in [-0.1, -0.05) is 117 Å². The summed E-state index contributed by atoms with van der Waals surface area (Å²) < 4.78 is 0. The summed E-state index contributed by atoms with van der Waals surface area (Å²) in [5.41, 5.74) is 6.12. The van der Waals surface area contributed by atoms with E-state index < -0.39 is 0 Å². The van der Waals surface area contributed by atoms with Crippen molar-refractivity contribution in [1.82, 2.24) is 20.4 Å². The van der Waals surface area contributed by atoms with Gasteiger partial charge in [-0.05, 0) is 24.3 Å². The molecule has 0 atom stereocenters. The monoisotopic (exact) mass is 1130 g/mol. The summed E-state index contributed by atoms with van der Waals surface area (Å²) >= 11 is 0. The third-order valence-corrected chi connectivity index (χ3v) is 8.07. The molecule has 0 saturated heterocycles. The maximum Gasteiger partial charge on any atom is 0.128 e. The number of benzene rings is 6. The molecule has 0 fully saturated rings. The van der Waals surface area contributed by atoms with Crippen LogP contribution in [0.3, 0.4) is 0 Å². The van der Waals surface area contributed by atoms with Crippen LogP contribution in [-0.4, -0.2) is 21.9 Å². The Labute approximate surface area is 375 Å². The van der Waals surface area contributed by atoms with Gasteiger partial charge in [-0.25, -0.2) is 0 Å². The van der Waals surface area contributed by atoms with E-state index >= 15 is 0 Å². The summed E-state index contributed by atoms with van der Waals surface area (Å²) in [5.74, 6) is 1.77. The van der Waals surface area contributed by atoms with E-state index in [9.17, 15) is 0 Å². The predicted molar refractivity (Wildman–Crippen MR) is 230 cm³/mol. The number of hydrogen-bond acceptors (Lipinski definition) is 8. The molecule has 0 saturated carbocycles. The van der Waals surface area contributed by atoms with Crippen LogP contribution in [0.2, 0.25) is 0 Å². The van der Waals surface area contributed by atoms with Gasteiger partial charge in [0.15, 0.2) is 0 Å². The minimum Gasteiger partial charge on any atom is -0.582 e. The molecular formula is C47H40N10Pt2-6. The topological polar surface area (TPSA) is 91.7 Å². The Balaban J connectivity index is 0.000000202. The fourth-order valence-corrected chi connectivity index (χ4v) is 5.46. The van der Waals surface area contributed by atoms with Gasteiger partial charge in [-0.2, -0.15) is 83.3 Å². The van der Waals surface area contributed by atoms with Gasteiger partial charge < -0.3 is 40.2 Å². The van der Waals surface area contributed by atoms with Gasteiger partial charge in [0.25, 0.3) is 0 Å². The Morgan fingerprint density at radius 1 is 0.424 bits per heavy atom. The third-order valence-electron chi connectivity index (χ3n) is 8.07. The number of nitrogens with zero attached hydrogens (tertiary/aromatic N) is 10. The van der Waals surface area contributed by atoms with Gasteiger partial charge in [-0.3, -0.25) is 0 Å². The molecular weight excluding hydrogens is 1090 g/mol. The van der Waals surface area contributed by atoms with Gasteiger partial charge in [0.2, 0.25) is 0 Å². The fraction of sp³-hybridized carbons (Fsp3) is 0.0213. The van der Waals surface area contributed by atoms with E-state index in [1.165, 1.54) is 0 Å². The number of para-hydroxylation sites is 4. The molecule has 0 N–H and O–H groups in total. The minimum absolute atomic E-state index is 0. The average Bonchev–Trinajstić information content (AvgIpc) is 4.15. The quantitative estimate of drug-likeness (QED) is 0.152. The van der Waals surface area contributed by atoms with Crippen molar-refractivity contribution in [2.75, 3.05) is 19.8 Å². The van der Waals surface area contributed by atoms with Crippen molar-refractivity contribution in [2.24, 2.45) is 10.2 Å². The van der Waals surface area contributed by atoms with E-state index in [0.717, 1.165) is 45.5 Å². The summed E-state index contributed by atoms with van der Waals surface area (Å²) in [5, 5.41) is 27.2. The summed E-state index contributed by atoms with van der Waals surface area (Å²) in [6, 6.07) is 66.5. The number of anilines is 4. The van der Waals surface area contributed by atoms with Crippen molar-refractivity contribution >= 4 is 34.4 Å². The van der Waals surface area contributed by atoms with Crippen molar-refractivity contribution in [3.05, 3.63) is 243 Å². The number of rotatable bonds is 6. The molecule has 10 nitrogen and oxygen atoms in total. The summed E-state index contributed by atoms with van der Waals surface area (Å²) in [7, 11) is 0. The van der Waals surface area contributed by atoms with Crippen molar-refractivity contribution in [3.63, 3.8) is 0 Å². The zero-order valence-corrected chi connectivity index (χ0v) is 35.4. The molecule has 304 valence electrons. The summed E-state index contributed by atoms with van der Waals surface area (Å²) in [6.07, 6.45) is 6.56. The molecule has 59 heavy (non-hydrogen) atoms. The molecule has 6 aromatic carbocycles. The Kier molecular flexibility index (Phi) is 18.8. The fourth-order valence-electron chi connectivity index (χ4n) is 5.46. The van der Waals surface area contributed by atoms with E-state index in [0.29, 0.717) is 0 Å². The number of hydrogen-bond donors (Lipinski definition) is 0. The van der Waals surface area contributed by atoms with Crippen molar-refractivity contribution in [3.8, 4) is 0 Å². The van der Waals surface area contributed by atoms with E-state index in [1.54, 1.807) is 36.9 Å². The number of hydrazone groups is 2. The van der Waals surface area contributed by atoms with Gasteiger partial charge in [-0.15, -0.1) is 24.7 Å². The van der Waals surface area contributed by atoms with Crippen molar-refractivity contribution in [1.29, 1.82) is 0 Å². The molecule has 0 aliphatic carbocycles. The number of aromatic nitrogens is 4. The SMILES string of the molecule is C.[Pt].[Pt].[c-]1ccccc1N1[CH-]N(c2ccccc2)N=C1c1ccccc1.[c-]1ccccc1N1[CH-]N(c2ccccc2)N=C1c1ccccc1.c1cn[n-]c1.c1cn[n-]c1. The first kappa shape index (κ1) is 45.4. The van der Waals surface area contributed by atoms with Crippen LogP contribution in [0.5, 0.6) is 0 Å². The third kappa shape index (κ3) is 12.8. The minimum atomic E-state index is 0. The Bertz CT molecular complexity index is 2110. The van der Waals surface area contributed by atoms with Crippen LogP contribution in [0.4, 0.5) is 22.7 Å². The number of amidine groups is 2. The molecule has 2 aliphatic rings. The predicted octanol–water partition coefficient (Wildman–Crippen LogP) is 9.30. The van der Waals surface area contributed by atoms with E-state index in [4.69, 9.17) is 10.2 Å². The molecule has 0 spiro atoms. The van der Waals surface area contributed by atoms with Crippen LogP contribution in [-0.2, 0) is 42.1 Å². The average molecular weight is 1140 g/mol. The second kappa shape index (κ2) is 24.4. The maximum atomic E-state index is 4.79. The molecule has 10 rings (SSSR count). The molecule has 0 amide bonds. The van der Waals surface area contributed by atoms with E-state index in [1.807, 2.05) is 169 Å². The standard InChI is InChI=1S/2C20H15N3.2C3H3N2.CH4.2Pt/c2*1-4-10-17(11-5-1)20-21-23(19-14-8-3-9-15-19)16-22(20)18-12-6-2-7-13-18;2*1-2-4-5-3-1;;;/h2*1-12,14-16H;2*1-3H;1H4;;/q2*-2;2*-1;;;. The van der Waals surface area contributed by atoms with E-state index in [-0.39, 0.29) is 49.6 Å². The van der Waals surface area contributed by atoms with Crippen molar-refractivity contribution < 1.29 is 42.1 Å². The maximum absolute atomic E-state index is 4.79. The molecule has 2 aromatic heterocycles.